The predicted octanol–water partition coefficient (Wildman–Crippen LogP) is 4.41. The molecule has 0 radical (unpaired) electrons. The van der Waals surface area contributed by atoms with Gasteiger partial charge in [-0.15, -0.1) is 0 Å². The lowest BCUT2D eigenvalue weighted by Crippen LogP contribution is -2.34. The van der Waals surface area contributed by atoms with Crippen LogP contribution in [0.15, 0.2) is 42.5 Å². The van der Waals surface area contributed by atoms with Gasteiger partial charge in [-0.2, -0.15) is 0 Å². The van der Waals surface area contributed by atoms with Gasteiger partial charge in [0.05, 0.1) is 7.11 Å². The first kappa shape index (κ1) is 18.2. The van der Waals surface area contributed by atoms with Gasteiger partial charge in [-0.25, -0.2) is 4.39 Å². The summed E-state index contributed by atoms with van der Waals surface area (Å²) in [5.41, 5.74) is 1.74. The Kier molecular flexibility index (Phi) is 6.29. The number of nitrogens with one attached hydrogen (secondary N) is 1. The largest absolute Gasteiger partial charge is 0.497 e. The van der Waals surface area contributed by atoms with Gasteiger partial charge in [0.1, 0.15) is 11.6 Å². The molecule has 1 fully saturated rings. The van der Waals surface area contributed by atoms with Crippen LogP contribution >= 0.6 is 11.6 Å². The molecule has 0 unspecified atom stereocenters. The molecule has 0 amide bonds. The lowest BCUT2D eigenvalue weighted by molar-refractivity contribution is 0.237. The second kappa shape index (κ2) is 8.65. The van der Waals surface area contributed by atoms with Crippen molar-refractivity contribution in [2.24, 2.45) is 0 Å². The summed E-state index contributed by atoms with van der Waals surface area (Å²) < 4.78 is 19.3. The molecule has 1 aliphatic rings. The molecule has 134 valence electrons. The lowest BCUT2D eigenvalue weighted by atomic mass is 10.0. The highest BCUT2D eigenvalue weighted by Gasteiger charge is 2.23. The van der Waals surface area contributed by atoms with Gasteiger partial charge < -0.3 is 10.1 Å². The van der Waals surface area contributed by atoms with E-state index in [4.69, 9.17) is 16.3 Å². The second-order valence-corrected chi connectivity index (χ2v) is 6.77. The molecule has 1 atom stereocenters. The monoisotopic (exact) mass is 362 g/mol. The number of halogens is 2. The molecule has 5 heteroatoms. The summed E-state index contributed by atoms with van der Waals surface area (Å²) in [6.45, 7) is 3.33. The summed E-state index contributed by atoms with van der Waals surface area (Å²) in [5, 5.41) is 3.85. The molecule has 0 spiro atoms. The molecule has 1 saturated heterocycles. The summed E-state index contributed by atoms with van der Waals surface area (Å²) in [5.74, 6) is 0.595. The molecule has 3 rings (SSSR count). The minimum Gasteiger partial charge on any atom is -0.497 e. The summed E-state index contributed by atoms with van der Waals surface area (Å²) >= 11 is 6.12. The Balaban J connectivity index is 1.72. The van der Waals surface area contributed by atoms with E-state index in [0.717, 1.165) is 25.4 Å². The molecule has 25 heavy (non-hydrogen) atoms. The summed E-state index contributed by atoms with van der Waals surface area (Å²) in [6, 6.07) is 13.2. The maximum Gasteiger partial charge on any atom is 0.129 e. The molecule has 0 aromatic heterocycles. The first-order chi connectivity index (χ1) is 12.2. The van der Waals surface area contributed by atoms with Crippen LogP contribution in [0.3, 0.4) is 0 Å². The van der Waals surface area contributed by atoms with Crippen molar-refractivity contribution in [3.63, 3.8) is 0 Å². The quantitative estimate of drug-likeness (QED) is 0.789. The van der Waals surface area contributed by atoms with Crippen molar-refractivity contribution >= 4 is 11.6 Å². The van der Waals surface area contributed by atoms with Crippen LogP contribution < -0.4 is 10.1 Å². The highest BCUT2D eigenvalue weighted by atomic mass is 35.5. The van der Waals surface area contributed by atoms with E-state index in [1.54, 1.807) is 19.2 Å². The zero-order chi connectivity index (χ0) is 17.6. The van der Waals surface area contributed by atoms with Gasteiger partial charge in [-0.05, 0) is 55.8 Å². The van der Waals surface area contributed by atoms with E-state index in [1.807, 2.05) is 12.1 Å². The van der Waals surface area contributed by atoms with Crippen LogP contribution in [-0.4, -0.2) is 31.6 Å². The number of nitrogens with zero attached hydrogens (tertiary/aromatic N) is 1. The van der Waals surface area contributed by atoms with Crippen LogP contribution in [0.1, 0.15) is 30.0 Å². The van der Waals surface area contributed by atoms with E-state index in [-0.39, 0.29) is 11.9 Å². The molecular formula is C20H24ClFN2O. The van der Waals surface area contributed by atoms with Crippen molar-refractivity contribution in [3.05, 3.63) is 64.4 Å². The normalized spacial score (nSPS) is 16.1. The number of methoxy groups -OCH3 is 1. The van der Waals surface area contributed by atoms with E-state index >= 15 is 0 Å². The van der Waals surface area contributed by atoms with E-state index in [0.29, 0.717) is 17.1 Å². The number of rotatable bonds is 7. The highest BCUT2D eigenvalue weighted by Crippen LogP contribution is 2.27. The molecule has 1 N–H and O–H groups in total. The van der Waals surface area contributed by atoms with Crippen LogP contribution in [0.5, 0.6) is 5.75 Å². The van der Waals surface area contributed by atoms with Gasteiger partial charge in [-0.1, -0.05) is 29.8 Å². The van der Waals surface area contributed by atoms with Gasteiger partial charge in [0, 0.05) is 29.7 Å². The summed E-state index contributed by atoms with van der Waals surface area (Å²) in [7, 11) is 1.68. The standard InChI is InChI=1S/C20H24ClFN2O/c1-25-16-7-4-6-15(12-16)20(24-10-2-3-11-24)14-23-13-17-18(21)8-5-9-19(17)22/h4-9,12,20,23H,2-3,10-11,13-14H2,1H3/t20-/m1/s1. The Morgan fingerprint density at radius 3 is 2.68 bits per heavy atom. The molecule has 0 bridgehead atoms. The topological polar surface area (TPSA) is 24.5 Å². The molecular weight excluding hydrogens is 339 g/mol. The minimum atomic E-state index is -0.265. The Bertz CT molecular complexity index is 684. The molecule has 3 nitrogen and oxygen atoms in total. The molecule has 1 aliphatic heterocycles. The van der Waals surface area contributed by atoms with Gasteiger partial charge >= 0.3 is 0 Å². The van der Waals surface area contributed by atoms with Gasteiger partial charge in [-0.3, -0.25) is 4.90 Å². The second-order valence-electron chi connectivity index (χ2n) is 6.37. The molecule has 2 aromatic rings. The summed E-state index contributed by atoms with van der Waals surface area (Å²) in [4.78, 5) is 2.48. The van der Waals surface area contributed by atoms with Gasteiger partial charge in [0.25, 0.3) is 0 Å². The maximum absolute atomic E-state index is 13.9. The van der Waals surface area contributed by atoms with E-state index in [1.165, 1.54) is 24.5 Å². The Labute approximate surface area is 153 Å². The number of ether oxygens (including phenoxy) is 1. The van der Waals surface area contributed by atoms with Gasteiger partial charge in [0.2, 0.25) is 0 Å². The Hall–Kier alpha value is -1.62. The average Bonchev–Trinajstić information content (AvgIpc) is 3.15. The maximum atomic E-state index is 13.9. The van der Waals surface area contributed by atoms with Crippen LogP contribution in [-0.2, 0) is 6.54 Å². The fourth-order valence-corrected chi connectivity index (χ4v) is 3.62. The first-order valence-electron chi connectivity index (χ1n) is 8.70. The predicted molar refractivity (Wildman–Crippen MR) is 99.7 cm³/mol. The smallest absolute Gasteiger partial charge is 0.129 e. The van der Waals surface area contributed by atoms with E-state index in [2.05, 4.69) is 22.3 Å². The molecule has 0 aliphatic carbocycles. The Morgan fingerprint density at radius 2 is 1.96 bits per heavy atom. The van der Waals surface area contributed by atoms with Crippen LogP contribution in [0, 0.1) is 5.82 Å². The van der Waals surface area contributed by atoms with Crippen molar-refractivity contribution in [2.75, 3.05) is 26.7 Å². The number of likely N-dealkylation sites (tertiary alicyclic amines) is 1. The third kappa shape index (κ3) is 4.51. The van der Waals surface area contributed by atoms with E-state index in [9.17, 15) is 4.39 Å². The summed E-state index contributed by atoms with van der Waals surface area (Å²) in [6.07, 6.45) is 2.44. The number of hydrogen-bond donors (Lipinski definition) is 1. The molecule has 2 aromatic carbocycles. The lowest BCUT2D eigenvalue weighted by Gasteiger charge is -2.28. The van der Waals surface area contributed by atoms with Crippen molar-refractivity contribution in [2.45, 2.75) is 25.4 Å². The van der Waals surface area contributed by atoms with Crippen molar-refractivity contribution in [1.82, 2.24) is 10.2 Å². The van der Waals surface area contributed by atoms with Crippen molar-refractivity contribution in [1.29, 1.82) is 0 Å². The third-order valence-electron chi connectivity index (χ3n) is 4.76. The SMILES string of the molecule is COc1cccc([C@@H](CNCc2c(F)cccc2Cl)N2CCCC2)c1. The molecule has 1 heterocycles. The number of hydrogen-bond acceptors (Lipinski definition) is 3. The number of benzene rings is 2. The van der Waals surface area contributed by atoms with Crippen LogP contribution in [0.25, 0.3) is 0 Å². The average molecular weight is 363 g/mol. The van der Waals surface area contributed by atoms with Crippen LogP contribution in [0.2, 0.25) is 5.02 Å². The third-order valence-corrected chi connectivity index (χ3v) is 5.12. The van der Waals surface area contributed by atoms with E-state index < -0.39 is 0 Å². The molecule has 0 saturated carbocycles. The Morgan fingerprint density at radius 1 is 1.20 bits per heavy atom. The zero-order valence-electron chi connectivity index (χ0n) is 14.5. The highest BCUT2D eigenvalue weighted by molar-refractivity contribution is 6.31. The first-order valence-corrected chi connectivity index (χ1v) is 9.08. The van der Waals surface area contributed by atoms with Crippen LogP contribution in [0.4, 0.5) is 4.39 Å². The fraction of sp³-hybridized carbons (Fsp3) is 0.400. The van der Waals surface area contributed by atoms with Crippen molar-refractivity contribution < 1.29 is 9.13 Å². The minimum absolute atomic E-state index is 0.239. The fourth-order valence-electron chi connectivity index (χ4n) is 3.39. The van der Waals surface area contributed by atoms with Gasteiger partial charge in [0.15, 0.2) is 0 Å². The zero-order valence-corrected chi connectivity index (χ0v) is 15.2. The van der Waals surface area contributed by atoms with Crippen molar-refractivity contribution in [3.8, 4) is 5.75 Å².